The van der Waals surface area contributed by atoms with Crippen LogP contribution in [-0.2, 0) is 16.0 Å². The number of nitriles is 1. The van der Waals surface area contributed by atoms with Crippen LogP contribution in [0.3, 0.4) is 0 Å². The third-order valence-electron chi connectivity index (χ3n) is 4.47. The first-order valence-corrected chi connectivity index (χ1v) is 8.37. The summed E-state index contributed by atoms with van der Waals surface area (Å²) in [6.45, 7) is 6.55. The van der Waals surface area contributed by atoms with E-state index in [1.165, 1.54) is 0 Å². The van der Waals surface area contributed by atoms with E-state index in [0.29, 0.717) is 30.9 Å². The van der Waals surface area contributed by atoms with Gasteiger partial charge in [0.05, 0.1) is 0 Å². The van der Waals surface area contributed by atoms with Crippen molar-refractivity contribution in [3.8, 4) is 6.07 Å². The van der Waals surface area contributed by atoms with E-state index in [-0.39, 0.29) is 23.8 Å². The molecule has 1 aliphatic heterocycles. The van der Waals surface area contributed by atoms with Crippen molar-refractivity contribution in [1.82, 2.24) is 9.88 Å². The SMILES string of the molecule is C=CCN1CCC(=O)C(c2c(C#N)[nH]c(N)c2CCCCC)C1=O. The van der Waals surface area contributed by atoms with E-state index in [0.717, 1.165) is 24.8 Å². The van der Waals surface area contributed by atoms with Gasteiger partial charge < -0.3 is 15.6 Å². The molecule has 0 saturated carbocycles. The van der Waals surface area contributed by atoms with E-state index >= 15 is 0 Å². The topological polar surface area (TPSA) is 103 Å². The zero-order chi connectivity index (χ0) is 17.7. The molecule has 6 nitrogen and oxygen atoms in total. The van der Waals surface area contributed by atoms with Gasteiger partial charge in [-0.25, -0.2) is 0 Å². The molecule has 0 radical (unpaired) electrons. The second-order valence-corrected chi connectivity index (χ2v) is 6.10. The molecule has 1 unspecified atom stereocenters. The number of nitrogen functional groups attached to an aromatic ring is 1. The third kappa shape index (κ3) is 3.35. The van der Waals surface area contributed by atoms with E-state index in [9.17, 15) is 14.9 Å². The first-order chi connectivity index (χ1) is 11.5. The van der Waals surface area contributed by atoms with Crippen molar-refractivity contribution in [2.75, 3.05) is 18.8 Å². The Morgan fingerprint density at radius 1 is 1.46 bits per heavy atom. The maximum absolute atomic E-state index is 12.8. The summed E-state index contributed by atoms with van der Waals surface area (Å²) in [6, 6.07) is 2.05. The number of carbonyl (C=O) groups excluding carboxylic acids is 2. The van der Waals surface area contributed by atoms with Crippen LogP contribution in [0.5, 0.6) is 0 Å². The lowest BCUT2D eigenvalue weighted by molar-refractivity contribution is -0.141. The molecule has 1 aliphatic rings. The highest BCUT2D eigenvalue weighted by Crippen LogP contribution is 2.34. The minimum absolute atomic E-state index is 0.146. The lowest BCUT2D eigenvalue weighted by atomic mass is 9.85. The first kappa shape index (κ1) is 17.8. The van der Waals surface area contributed by atoms with Gasteiger partial charge in [-0.3, -0.25) is 9.59 Å². The average Bonchev–Trinajstić information content (AvgIpc) is 2.87. The number of unbranched alkanes of at least 4 members (excludes halogenated alkanes) is 2. The Hall–Kier alpha value is -2.55. The summed E-state index contributed by atoms with van der Waals surface area (Å²) >= 11 is 0. The second kappa shape index (κ2) is 7.82. The summed E-state index contributed by atoms with van der Waals surface area (Å²) in [7, 11) is 0. The first-order valence-electron chi connectivity index (χ1n) is 8.37. The van der Waals surface area contributed by atoms with Gasteiger partial charge in [0.15, 0.2) is 5.78 Å². The average molecular weight is 328 g/mol. The van der Waals surface area contributed by atoms with Gasteiger partial charge in [-0.1, -0.05) is 25.8 Å². The highest BCUT2D eigenvalue weighted by atomic mass is 16.2. The van der Waals surface area contributed by atoms with Gasteiger partial charge in [-0.05, 0) is 18.4 Å². The molecule has 128 valence electrons. The number of nitrogens with one attached hydrogen (secondary N) is 1. The Bertz CT molecular complexity index is 684. The number of aromatic amines is 1. The Morgan fingerprint density at radius 3 is 2.83 bits per heavy atom. The summed E-state index contributed by atoms with van der Waals surface area (Å²) in [5.41, 5.74) is 7.48. The highest BCUT2D eigenvalue weighted by Gasteiger charge is 2.39. The maximum atomic E-state index is 12.8. The number of Topliss-reactive ketones (excluding diaryl/α,β-unsaturated/α-hetero) is 1. The van der Waals surface area contributed by atoms with E-state index in [1.54, 1.807) is 11.0 Å². The normalized spacial score (nSPS) is 17.8. The molecule has 1 atom stereocenters. The van der Waals surface area contributed by atoms with Crippen molar-refractivity contribution < 1.29 is 9.59 Å². The van der Waals surface area contributed by atoms with Gasteiger partial charge in [0.1, 0.15) is 23.5 Å². The standard InChI is InChI=1S/C18H24N4O2/c1-3-5-6-7-12-15(13(11-19)21-17(12)20)16-14(23)8-10-22(9-4-2)18(16)24/h4,16,21H,2-3,5-10,20H2,1H3. The maximum Gasteiger partial charge on any atom is 0.238 e. The van der Waals surface area contributed by atoms with Crippen LogP contribution in [0.15, 0.2) is 12.7 Å². The van der Waals surface area contributed by atoms with E-state index in [4.69, 9.17) is 5.73 Å². The number of hydrogen-bond donors (Lipinski definition) is 2. The summed E-state index contributed by atoms with van der Waals surface area (Å²) < 4.78 is 0. The van der Waals surface area contributed by atoms with Crippen molar-refractivity contribution in [2.45, 2.75) is 44.9 Å². The monoisotopic (exact) mass is 328 g/mol. The van der Waals surface area contributed by atoms with Crippen LogP contribution >= 0.6 is 0 Å². The second-order valence-electron chi connectivity index (χ2n) is 6.10. The van der Waals surface area contributed by atoms with Gasteiger partial charge in [0.2, 0.25) is 5.91 Å². The Labute approximate surface area is 142 Å². The molecule has 0 aliphatic carbocycles. The number of anilines is 1. The van der Waals surface area contributed by atoms with Crippen molar-refractivity contribution in [3.63, 3.8) is 0 Å². The molecule has 0 bridgehead atoms. The number of hydrogen-bond acceptors (Lipinski definition) is 4. The van der Waals surface area contributed by atoms with Crippen LogP contribution in [-0.4, -0.2) is 34.7 Å². The predicted molar refractivity (Wildman–Crippen MR) is 92.3 cm³/mol. The van der Waals surface area contributed by atoms with Crippen molar-refractivity contribution >= 4 is 17.5 Å². The Balaban J connectivity index is 2.44. The number of likely N-dealkylation sites (tertiary alicyclic amines) is 1. The number of H-pyrrole nitrogens is 1. The molecule has 1 saturated heterocycles. The van der Waals surface area contributed by atoms with Crippen LogP contribution < -0.4 is 5.73 Å². The summed E-state index contributed by atoms with van der Waals surface area (Å²) in [4.78, 5) is 29.7. The molecule has 3 N–H and O–H groups in total. The number of piperidine rings is 1. The smallest absolute Gasteiger partial charge is 0.238 e. The Morgan fingerprint density at radius 2 is 2.21 bits per heavy atom. The molecule has 1 amide bonds. The van der Waals surface area contributed by atoms with Crippen LogP contribution in [0, 0.1) is 11.3 Å². The number of carbonyl (C=O) groups is 2. The lowest BCUT2D eigenvalue weighted by Crippen LogP contribution is -2.45. The molecule has 1 aromatic heterocycles. The molecular formula is C18H24N4O2. The zero-order valence-electron chi connectivity index (χ0n) is 14.1. The fourth-order valence-corrected chi connectivity index (χ4v) is 3.24. The number of nitrogens with zero attached hydrogens (tertiary/aromatic N) is 2. The molecule has 0 aromatic carbocycles. The van der Waals surface area contributed by atoms with Crippen LogP contribution in [0.1, 0.15) is 55.3 Å². The van der Waals surface area contributed by atoms with Gasteiger partial charge in [0.25, 0.3) is 0 Å². The predicted octanol–water partition coefficient (Wildman–Crippen LogP) is 2.27. The van der Waals surface area contributed by atoms with E-state index < -0.39 is 5.92 Å². The molecule has 1 aromatic rings. The summed E-state index contributed by atoms with van der Waals surface area (Å²) in [6.07, 6.45) is 5.58. The number of rotatable bonds is 7. The molecule has 2 rings (SSSR count). The molecule has 6 heteroatoms. The van der Waals surface area contributed by atoms with E-state index in [1.807, 2.05) is 0 Å². The van der Waals surface area contributed by atoms with Crippen LogP contribution in [0.25, 0.3) is 0 Å². The number of aromatic nitrogens is 1. The molecule has 0 spiro atoms. The number of ketones is 1. The quantitative estimate of drug-likeness (QED) is 0.455. The van der Waals surface area contributed by atoms with E-state index in [2.05, 4.69) is 24.6 Å². The summed E-state index contributed by atoms with van der Waals surface area (Å²) in [5.74, 6) is -0.955. The van der Waals surface area contributed by atoms with Gasteiger partial charge in [0, 0.05) is 25.1 Å². The largest absolute Gasteiger partial charge is 0.385 e. The molecular weight excluding hydrogens is 304 g/mol. The Kier molecular flexibility index (Phi) is 5.80. The molecule has 2 heterocycles. The van der Waals surface area contributed by atoms with Gasteiger partial charge in [-0.2, -0.15) is 5.26 Å². The fraction of sp³-hybridized carbons (Fsp3) is 0.500. The summed E-state index contributed by atoms with van der Waals surface area (Å²) in [5, 5.41) is 9.41. The van der Waals surface area contributed by atoms with Gasteiger partial charge >= 0.3 is 0 Å². The van der Waals surface area contributed by atoms with Crippen molar-refractivity contribution in [2.24, 2.45) is 0 Å². The van der Waals surface area contributed by atoms with Gasteiger partial charge in [-0.15, -0.1) is 6.58 Å². The molecule has 1 fully saturated rings. The minimum Gasteiger partial charge on any atom is -0.385 e. The zero-order valence-corrected chi connectivity index (χ0v) is 14.1. The number of amides is 1. The van der Waals surface area contributed by atoms with Crippen molar-refractivity contribution in [1.29, 1.82) is 5.26 Å². The fourth-order valence-electron chi connectivity index (χ4n) is 3.24. The minimum atomic E-state index is -0.932. The van der Waals surface area contributed by atoms with Crippen LogP contribution in [0.2, 0.25) is 0 Å². The highest BCUT2D eigenvalue weighted by molar-refractivity contribution is 6.09. The van der Waals surface area contributed by atoms with Crippen molar-refractivity contribution in [3.05, 3.63) is 29.5 Å². The third-order valence-corrected chi connectivity index (χ3v) is 4.47. The lowest BCUT2D eigenvalue weighted by Gasteiger charge is -2.31. The molecule has 24 heavy (non-hydrogen) atoms. The number of nitrogens with two attached hydrogens (primary N) is 1. The van der Waals surface area contributed by atoms with Crippen LogP contribution in [0.4, 0.5) is 5.82 Å².